The Morgan fingerprint density at radius 1 is 1.50 bits per heavy atom. The maximum atomic E-state index is 11.9. The molecule has 2 rings (SSSR count). The minimum absolute atomic E-state index is 0.0164. The highest BCUT2D eigenvalue weighted by Gasteiger charge is 2.08. The normalized spacial score (nSPS) is 10.6. The van der Waals surface area contributed by atoms with Crippen LogP contribution in [0.15, 0.2) is 27.5 Å². The highest BCUT2D eigenvalue weighted by Crippen LogP contribution is 2.17. The lowest BCUT2D eigenvalue weighted by Crippen LogP contribution is -2.22. The topological polar surface area (TPSA) is 52.0 Å². The number of benzene rings is 1. The van der Waals surface area contributed by atoms with E-state index in [1.54, 1.807) is 18.2 Å². The van der Waals surface area contributed by atoms with Crippen molar-refractivity contribution in [1.29, 1.82) is 0 Å². The van der Waals surface area contributed by atoms with Crippen molar-refractivity contribution in [3.63, 3.8) is 0 Å². The van der Waals surface area contributed by atoms with Gasteiger partial charge >= 0.3 is 0 Å². The SMILES string of the molecule is O=CCn1c(Cl)nc2cc(Br)ccc2c1=O. The Bertz CT molecular complexity index is 624. The molecule has 6 heteroatoms. The van der Waals surface area contributed by atoms with Crippen molar-refractivity contribution >= 4 is 44.7 Å². The van der Waals surface area contributed by atoms with Crippen LogP contribution in [0.1, 0.15) is 0 Å². The van der Waals surface area contributed by atoms with Gasteiger partial charge in [0.2, 0.25) is 5.28 Å². The van der Waals surface area contributed by atoms with Gasteiger partial charge in [-0.05, 0) is 29.8 Å². The highest BCUT2D eigenvalue weighted by molar-refractivity contribution is 9.10. The maximum absolute atomic E-state index is 11.9. The minimum Gasteiger partial charge on any atom is -0.301 e. The predicted molar refractivity (Wildman–Crippen MR) is 64.8 cm³/mol. The molecule has 0 aliphatic heterocycles. The molecule has 0 atom stereocenters. The third kappa shape index (κ3) is 1.88. The first-order chi connectivity index (χ1) is 7.63. The molecule has 2 aromatic rings. The fourth-order valence-electron chi connectivity index (χ4n) is 1.40. The van der Waals surface area contributed by atoms with Crippen molar-refractivity contribution in [1.82, 2.24) is 9.55 Å². The van der Waals surface area contributed by atoms with Crippen molar-refractivity contribution in [2.45, 2.75) is 6.54 Å². The Labute approximate surface area is 104 Å². The molecule has 1 aromatic carbocycles. The number of carbonyl (C=O) groups is 1. The lowest BCUT2D eigenvalue weighted by atomic mass is 10.2. The molecule has 16 heavy (non-hydrogen) atoms. The molecule has 1 heterocycles. The number of rotatable bonds is 2. The molecule has 0 spiro atoms. The lowest BCUT2D eigenvalue weighted by molar-refractivity contribution is -0.108. The summed E-state index contributed by atoms with van der Waals surface area (Å²) in [4.78, 5) is 26.4. The molecule has 0 amide bonds. The fraction of sp³-hybridized carbons (Fsp3) is 0.100. The second kappa shape index (κ2) is 4.35. The second-order valence-electron chi connectivity index (χ2n) is 3.12. The Morgan fingerprint density at radius 3 is 2.94 bits per heavy atom. The van der Waals surface area contributed by atoms with E-state index in [0.717, 1.165) is 9.04 Å². The summed E-state index contributed by atoms with van der Waals surface area (Å²) in [7, 11) is 0. The number of halogens is 2. The van der Waals surface area contributed by atoms with E-state index in [-0.39, 0.29) is 17.4 Å². The number of hydrogen-bond donors (Lipinski definition) is 0. The van der Waals surface area contributed by atoms with Crippen molar-refractivity contribution in [3.8, 4) is 0 Å². The number of hydrogen-bond acceptors (Lipinski definition) is 3. The smallest absolute Gasteiger partial charge is 0.262 e. The molecule has 4 nitrogen and oxygen atoms in total. The molecule has 0 unspecified atom stereocenters. The van der Waals surface area contributed by atoms with Gasteiger partial charge in [0.05, 0.1) is 17.4 Å². The van der Waals surface area contributed by atoms with E-state index < -0.39 is 0 Å². The summed E-state index contributed by atoms with van der Waals surface area (Å²) < 4.78 is 1.95. The summed E-state index contributed by atoms with van der Waals surface area (Å²) in [6.45, 7) is -0.0866. The average molecular weight is 302 g/mol. The maximum Gasteiger partial charge on any atom is 0.262 e. The Balaban J connectivity index is 2.83. The van der Waals surface area contributed by atoms with Crippen LogP contribution in [0.25, 0.3) is 10.9 Å². The lowest BCUT2D eigenvalue weighted by Gasteiger charge is -2.05. The summed E-state index contributed by atoms with van der Waals surface area (Å²) in [5.74, 6) is 0. The first kappa shape index (κ1) is 11.3. The zero-order valence-electron chi connectivity index (χ0n) is 7.98. The molecule has 0 aliphatic carbocycles. The third-order valence-corrected chi connectivity index (χ3v) is 2.91. The summed E-state index contributed by atoms with van der Waals surface area (Å²) in [6, 6.07) is 5.09. The van der Waals surface area contributed by atoms with Gasteiger partial charge in [0.25, 0.3) is 5.56 Å². The van der Waals surface area contributed by atoms with Crippen LogP contribution < -0.4 is 5.56 Å². The van der Waals surface area contributed by atoms with Crippen molar-refractivity contribution in [2.75, 3.05) is 0 Å². The van der Waals surface area contributed by atoms with Crippen molar-refractivity contribution < 1.29 is 4.79 Å². The Morgan fingerprint density at radius 2 is 2.25 bits per heavy atom. The third-order valence-electron chi connectivity index (χ3n) is 2.13. The number of aldehydes is 1. The second-order valence-corrected chi connectivity index (χ2v) is 4.38. The van der Waals surface area contributed by atoms with Gasteiger partial charge in [-0.15, -0.1) is 0 Å². The van der Waals surface area contributed by atoms with E-state index in [0.29, 0.717) is 17.2 Å². The van der Waals surface area contributed by atoms with Gasteiger partial charge in [0.1, 0.15) is 6.29 Å². The van der Waals surface area contributed by atoms with Crippen LogP contribution in [0.3, 0.4) is 0 Å². The van der Waals surface area contributed by atoms with E-state index in [1.807, 2.05) is 0 Å². The number of carbonyl (C=O) groups excluding carboxylic acids is 1. The van der Waals surface area contributed by atoms with E-state index >= 15 is 0 Å². The minimum atomic E-state index is -0.311. The summed E-state index contributed by atoms with van der Waals surface area (Å²) >= 11 is 9.10. The van der Waals surface area contributed by atoms with E-state index in [4.69, 9.17) is 11.6 Å². The van der Waals surface area contributed by atoms with Crippen molar-refractivity contribution in [2.24, 2.45) is 0 Å². The molecule has 0 radical (unpaired) electrons. The summed E-state index contributed by atoms with van der Waals surface area (Å²) in [5.41, 5.74) is 0.195. The zero-order valence-corrected chi connectivity index (χ0v) is 10.3. The van der Waals surface area contributed by atoms with Gasteiger partial charge in [-0.3, -0.25) is 9.36 Å². The standard InChI is InChI=1S/C10H6BrClN2O2/c11-6-1-2-7-8(5-6)13-10(12)14(3-4-15)9(7)16/h1-2,4-5H,3H2. The first-order valence-electron chi connectivity index (χ1n) is 4.42. The van der Waals surface area contributed by atoms with Crippen LogP contribution in [0.5, 0.6) is 0 Å². The number of nitrogens with zero attached hydrogens (tertiary/aromatic N) is 2. The number of aromatic nitrogens is 2. The van der Waals surface area contributed by atoms with Crippen LogP contribution in [0.4, 0.5) is 0 Å². The van der Waals surface area contributed by atoms with Gasteiger partial charge in [-0.25, -0.2) is 4.98 Å². The zero-order chi connectivity index (χ0) is 11.7. The molecule has 0 bridgehead atoms. The van der Waals surface area contributed by atoms with Crippen LogP contribution >= 0.6 is 27.5 Å². The van der Waals surface area contributed by atoms with Gasteiger partial charge in [0.15, 0.2) is 0 Å². The molecule has 0 N–H and O–H groups in total. The van der Waals surface area contributed by atoms with Gasteiger partial charge < -0.3 is 4.79 Å². The Hall–Kier alpha value is -1.20. The molecule has 0 aliphatic rings. The quantitative estimate of drug-likeness (QED) is 0.630. The molecule has 0 saturated heterocycles. The van der Waals surface area contributed by atoms with Gasteiger partial charge in [-0.1, -0.05) is 15.9 Å². The fourth-order valence-corrected chi connectivity index (χ4v) is 1.99. The van der Waals surface area contributed by atoms with Crippen LogP contribution in [0.2, 0.25) is 5.28 Å². The first-order valence-corrected chi connectivity index (χ1v) is 5.60. The summed E-state index contributed by atoms with van der Waals surface area (Å²) in [5, 5.41) is 0.456. The molecule has 82 valence electrons. The van der Waals surface area contributed by atoms with Crippen LogP contribution in [-0.2, 0) is 11.3 Å². The van der Waals surface area contributed by atoms with E-state index in [2.05, 4.69) is 20.9 Å². The Kier molecular flexibility index (Phi) is 3.07. The molecule has 0 fully saturated rings. The summed E-state index contributed by atoms with van der Waals surface area (Å²) in [6.07, 6.45) is 0.611. The predicted octanol–water partition coefficient (Wildman–Crippen LogP) is 2.01. The van der Waals surface area contributed by atoms with Gasteiger partial charge in [0, 0.05) is 4.47 Å². The van der Waals surface area contributed by atoms with E-state index in [9.17, 15) is 9.59 Å². The average Bonchev–Trinajstić information content (AvgIpc) is 2.23. The van der Waals surface area contributed by atoms with E-state index in [1.165, 1.54) is 0 Å². The number of fused-ring (bicyclic) bond motifs is 1. The highest BCUT2D eigenvalue weighted by atomic mass is 79.9. The van der Waals surface area contributed by atoms with Crippen LogP contribution in [-0.4, -0.2) is 15.8 Å². The molecule has 1 aromatic heterocycles. The molecular weight excluding hydrogens is 295 g/mol. The largest absolute Gasteiger partial charge is 0.301 e. The molecule has 0 saturated carbocycles. The van der Waals surface area contributed by atoms with Crippen LogP contribution in [0, 0.1) is 0 Å². The van der Waals surface area contributed by atoms with Crippen molar-refractivity contribution in [3.05, 3.63) is 38.3 Å². The monoisotopic (exact) mass is 300 g/mol. The van der Waals surface area contributed by atoms with Gasteiger partial charge in [-0.2, -0.15) is 0 Å². The molecular formula is C10H6BrClN2O2.